The van der Waals surface area contributed by atoms with E-state index in [1.807, 2.05) is 18.2 Å². The Balaban J connectivity index is 1.99. The molecule has 1 aliphatic rings. The van der Waals surface area contributed by atoms with Crippen LogP contribution in [0.3, 0.4) is 0 Å². The smallest absolute Gasteiger partial charge is 0.224 e. The number of carbonyl (C=O) groups is 1. The molecule has 3 nitrogen and oxygen atoms in total. The highest BCUT2D eigenvalue weighted by atomic mass is 16.5. The van der Waals surface area contributed by atoms with Gasteiger partial charge in [-0.25, -0.2) is 0 Å². The standard InChI is InChI=1S/C14H19NO2/c1-10(2)12-5-3-4-6-13(12)15-14(16)7-11-8-17-9-11/h3-6,10-11H,7-9H2,1-2H3,(H,15,16). The van der Waals surface area contributed by atoms with Crippen LogP contribution in [0.5, 0.6) is 0 Å². The molecule has 2 rings (SSSR count). The molecule has 1 aromatic rings. The number of amides is 1. The maximum atomic E-state index is 11.8. The van der Waals surface area contributed by atoms with Gasteiger partial charge in [-0.3, -0.25) is 4.79 Å². The van der Waals surface area contributed by atoms with E-state index in [1.165, 1.54) is 5.56 Å². The number of anilines is 1. The second-order valence-electron chi connectivity index (χ2n) is 4.90. The topological polar surface area (TPSA) is 38.3 Å². The molecule has 0 spiro atoms. The number of hydrogen-bond donors (Lipinski definition) is 1. The van der Waals surface area contributed by atoms with Crippen LogP contribution in [0.1, 0.15) is 31.7 Å². The molecule has 0 saturated carbocycles. The van der Waals surface area contributed by atoms with Crippen molar-refractivity contribution in [1.82, 2.24) is 0 Å². The third-order valence-electron chi connectivity index (χ3n) is 3.04. The Morgan fingerprint density at radius 1 is 1.41 bits per heavy atom. The van der Waals surface area contributed by atoms with E-state index in [1.54, 1.807) is 0 Å². The number of carbonyl (C=O) groups excluding carboxylic acids is 1. The van der Waals surface area contributed by atoms with E-state index in [0.29, 0.717) is 18.3 Å². The molecular weight excluding hydrogens is 214 g/mol. The summed E-state index contributed by atoms with van der Waals surface area (Å²) in [6.07, 6.45) is 0.562. The second kappa shape index (κ2) is 5.32. The fraction of sp³-hybridized carbons (Fsp3) is 0.500. The minimum absolute atomic E-state index is 0.0893. The van der Waals surface area contributed by atoms with Crippen molar-refractivity contribution in [3.8, 4) is 0 Å². The van der Waals surface area contributed by atoms with E-state index in [-0.39, 0.29) is 5.91 Å². The molecule has 1 heterocycles. The summed E-state index contributed by atoms with van der Waals surface area (Å²) in [6.45, 7) is 5.70. The van der Waals surface area contributed by atoms with Crippen LogP contribution in [0.25, 0.3) is 0 Å². The fourth-order valence-corrected chi connectivity index (χ4v) is 1.98. The molecule has 0 aliphatic carbocycles. The Kier molecular flexibility index (Phi) is 3.79. The molecule has 1 aromatic carbocycles. The third-order valence-corrected chi connectivity index (χ3v) is 3.04. The molecule has 0 unspecified atom stereocenters. The lowest BCUT2D eigenvalue weighted by Gasteiger charge is -2.25. The lowest BCUT2D eigenvalue weighted by atomic mass is 10.00. The molecule has 1 N–H and O–H groups in total. The number of para-hydroxylation sites is 1. The van der Waals surface area contributed by atoms with Crippen molar-refractivity contribution in [1.29, 1.82) is 0 Å². The largest absolute Gasteiger partial charge is 0.381 e. The van der Waals surface area contributed by atoms with Crippen molar-refractivity contribution in [2.45, 2.75) is 26.2 Å². The van der Waals surface area contributed by atoms with Gasteiger partial charge in [0.15, 0.2) is 0 Å². The highest BCUT2D eigenvalue weighted by Gasteiger charge is 2.22. The average molecular weight is 233 g/mol. The third kappa shape index (κ3) is 3.07. The molecule has 92 valence electrons. The van der Waals surface area contributed by atoms with E-state index in [9.17, 15) is 4.79 Å². The summed E-state index contributed by atoms with van der Waals surface area (Å²) in [4.78, 5) is 11.8. The van der Waals surface area contributed by atoms with E-state index >= 15 is 0 Å². The summed E-state index contributed by atoms with van der Waals surface area (Å²) >= 11 is 0. The lowest BCUT2D eigenvalue weighted by molar-refractivity contribution is -0.121. The van der Waals surface area contributed by atoms with Gasteiger partial charge in [-0.1, -0.05) is 32.0 Å². The van der Waals surface area contributed by atoms with Gasteiger partial charge in [0, 0.05) is 18.0 Å². The van der Waals surface area contributed by atoms with Crippen LogP contribution in [0.4, 0.5) is 5.69 Å². The SMILES string of the molecule is CC(C)c1ccccc1NC(=O)CC1COC1. The van der Waals surface area contributed by atoms with E-state index in [0.717, 1.165) is 18.9 Å². The number of benzene rings is 1. The summed E-state index contributed by atoms with van der Waals surface area (Å²) in [5.74, 6) is 0.908. The van der Waals surface area contributed by atoms with Gasteiger partial charge in [-0.15, -0.1) is 0 Å². The summed E-state index contributed by atoms with van der Waals surface area (Å²) in [5, 5.41) is 3.00. The fourth-order valence-electron chi connectivity index (χ4n) is 1.98. The molecule has 17 heavy (non-hydrogen) atoms. The zero-order valence-electron chi connectivity index (χ0n) is 10.4. The zero-order valence-corrected chi connectivity index (χ0v) is 10.4. The lowest BCUT2D eigenvalue weighted by Crippen LogP contribution is -2.31. The van der Waals surface area contributed by atoms with E-state index in [2.05, 4.69) is 25.2 Å². The molecule has 1 saturated heterocycles. The minimum atomic E-state index is 0.0893. The van der Waals surface area contributed by atoms with Crippen molar-refractivity contribution >= 4 is 11.6 Å². The van der Waals surface area contributed by atoms with E-state index in [4.69, 9.17) is 4.74 Å². The summed E-state index contributed by atoms with van der Waals surface area (Å²) < 4.78 is 5.07. The molecule has 3 heteroatoms. The maximum Gasteiger partial charge on any atom is 0.224 e. The Labute approximate surface area is 102 Å². The number of nitrogens with one attached hydrogen (secondary N) is 1. The van der Waals surface area contributed by atoms with Gasteiger partial charge in [0.2, 0.25) is 5.91 Å². The molecule has 0 atom stereocenters. The number of rotatable bonds is 4. The Morgan fingerprint density at radius 2 is 2.12 bits per heavy atom. The molecular formula is C14H19NO2. The Hall–Kier alpha value is -1.35. The van der Waals surface area contributed by atoms with Gasteiger partial charge in [-0.05, 0) is 17.5 Å². The van der Waals surface area contributed by atoms with Crippen LogP contribution < -0.4 is 5.32 Å². The summed E-state index contributed by atoms with van der Waals surface area (Å²) in [7, 11) is 0. The summed E-state index contributed by atoms with van der Waals surface area (Å²) in [6, 6.07) is 7.98. The second-order valence-corrected chi connectivity index (χ2v) is 4.90. The predicted molar refractivity (Wildman–Crippen MR) is 68.1 cm³/mol. The van der Waals surface area contributed by atoms with Crippen LogP contribution in [0.15, 0.2) is 24.3 Å². The van der Waals surface area contributed by atoms with Gasteiger partial charge in [-0.2, -0.15) is 0 Å². The van der Waals surface area contributed by atoms with Gasteiger partial charge >= 0.3 is 0 Å². The van der Waals surface area contributed by atoms with Crippen LogP contribution >= 0.6 is 0 Å². The monoisotopic (exact) mass is 233 g/mol. The van der Waals surface area contributed by atoms with Crippen molar-refractivity contribution in [2.24, 2.45) is 5.92 Å². The van der Waals surface area contributed by atoms with Crippen molar-refractivity contribution < 1.29 is 9.53 Å². The first-order valence-corrected chi connectivity index (χ1v) is 6.13. The van der Waals surface area contributed by atoms with Crippen LogP contribution in [-0.2, 0) is 9.53 Å². The highest BCUT2D eigenvalue weighted by Crippen LogP contribution is 2.24. The van der Waals surface area contributed by atoms with Crippen LogP contribution in [0.2, 0.25) is 0 Å². The minimum Gasteiger partial charge on any atom is -0.381 e. The first-order chi connectivity index (χ1) is 8.16. The molecule has 0 bridgehead atoms. The first kappa shape index (κ1) is 12.1. The molecule has 0 radical (unpaired) electrons. The van der Waals surface area contributed by atoms with Gasteiger partial charge in [0.25, 0.3) is 0 Å². The summed E-state index contributed by atoms with van der Waals surface area (Å²) in [5.41, 5.74) is 2.12. The number of hydrogen-bond acceptors (Lipinski definition) is 2. The molecule has 1 amide bonds. The Morgan fingerprint density at radius 3 is 2.71 bits per heavy atom. The average Bonchev–Trinajstić information content (AvgIpc) is 2.24. The Bertz CT molecular complexity index is 397. The van der Waals surface area contributed by atoms with Crippen molar-refractivity contribution in [3.05, 3.63) is 29.8 Å². The normalized spacial score (nSPS) is 15.7. The first-order valence-electron chi connectivity index (χ1n) is 6.13. The van der Waals surface area contributed by atoms with Gasteiger partial charge < -0.3 is 10.1 Å². The maximum absolute atomic E-state index is 11.8. The molecule has 1 aliphatic heterocycles. The van der Waals surface area contributed by atoms with Crippen molar-refractivity contribution in [3.63, 3.8) is 0 Å². The van der Waals surface area contributed by atoms with Crippen molar-refractivity contribution in [2.75, 3.05) is 18.5 Å². The quantitative estimate of drug-likeness (QED) is 0.868. The zero-order chi connectivity index (χ0) is 12.3. The number of ether oxygens (including phenoxy) is 1. The van der Waals surface area contributed by atoms with Crippen LogP contribution in [0, 0.1) is 5.92 Å². The van der Waals surface area contributed by atoms with E-state index < -0.39 is 0 Å². The highest BCUT2D eigenvalue weighted by molar-refractivity contribution is 5.91. The van der Waals surface area contributed by atoms with Gasteiger partial charge in [0.05, 0.1) is 13.2 Å². The predicted octanol–water partition coefficient (Wildman–Crippen LogP) is 2.79. The molecule has 0 aromatic heterocycles. The van der Waals surface area contributed by atoms with Gasteiger partial charge in [0.1, 0.15) is 0 Å². The molecule has 1 fully saturated rings. The van der Waals surface area contributed by atoms with Crippen LogP contribution in [-0.4, -0.2) is 19.1 Å².